The number of nitrogens with one attached hydrogen (secondary N) is 1. The molecule has 0 radical (unpaired) electrons. The van der Waals surface area contributed by atoms with Crippen molar-refractivity contribution in [2.75, 3.05) is 37.5 Å². The van der Waals surface area contributed by atoms with Gasteiger partial charge in [-0.1, -0.05) is 6.92 Å². The summed E-state index contributed by atoms with van der Waals surface area (Å²) in [5, 5.41) is 3.23. The van der Waals surface area contributed by atoms with Crippen LogP contribution in [0.4, 0.5) is 5.82 Å². The third-order valence-electron chi connectivity index (χ3n) is 2.73. The van der Waals surface area contributed by atoms with Gasteiger partial charge in [-0.15, -0.1) is 0 Å². The van der Waals surface area contributed by atoms with Crippen LogP contribution in [0.3, 0.4) is 0 Å². The second kappa shape index (κ2) is 8.04. The number of pyridine rings is 1. The highest BCUT2D eigenvalue weighted by atomic mass is 32.2. The predicted octanol–water partition coefficient (Wildman–Crippen LogP) is 2.65. The highest BCUT2D eigenvalue weighted by molar-refractivity contribution is 7.98. The Morgan fingerprint density at radius 2 is 2.21 bits per heavy atom. The Labute approximate surface area is 120 Å². The monoisotopic (exact) mass is 281 g/mol. The van der Waals surface area contributed by atoms with Gasteiger partial charge < -0.3 is 10.2 Å². The molecule has 1 aromatic rings. The van der Waals surface area contributed by atoms with Crippen molar-refractivity contribution in [1.82, 2.24) is 9.88 Å². The first-order valence-electron chi connectivity index (χ1n) is 6.55. The van der Waals surface area contributed by atoms with Gasteiger partial charge in [0.25, 0.3) is 5.91 Å². The van der Waals surface area contributed by atoms with Gasteiger partial charge in [0.15, 0.2) is 0 Å². The van der Waals surface area contributed by atoms with Gasteiger partial charge in [0.05, 0.1) is 0 Å². The number of rotatable bonds is 7. The van der Waals surface area contributed by atoms with Gasteiger partial charge in [-0.25, -0.2) is 4.98 Å². The van der Waals surface area contributed by atoms with Crippen molar-refractivity contribution in [1.29, 1.82) is 0 Å². The first kappa shape index (κ1) is 15.8. The standard InChI is InChI=1S/C14H23N3OS/c1-5-6-15-13-10-12(9-11(2)16-13)14(18)17(3)7-8-19-4/h9-10H,5-8H2,1-4H3,(H,15,16). The summed E-state index contributed by atoms with van der Waals surface area (Å²) < 4.78 is 0. The van der Waals surface area contributed by atoms with Crippen molar-refractivity contribution in [3.8, 4) is 0 Å². The summed E-state index contributed by atoms with van der Waals surface area (Å²) in [4.78, 5) is 18.4. The minimum atomic E-state index is 0.0547. The number of amides is 1. The maximum Gasteiger partial charge on any atom is 0.253 e. The molecule has 0 unspecified atom stereocenters. The van der Waals surface area contributed by atoms with Crippen LogP contribution in [-0.2, 0) is 0 Å². The number of hydrogen-bond acceptors (Lipinski definition) is 4. The zero-order valence-electron chi connectivity index (χ0n) is 12.2. The molecule has 0 saturated heterocycles. The Morgan fingerprint density at radius 1 is 1.47 bits per heavy atom. The zero-order valence-corrected chi connectivity index (χ0v) is 13.0. The summed E-state index contributed by atoms with van der Waals surface area (Å²) in [7, 11) is 1.84. The molecule has 0 fully saturated rings. The lowest BCUT2D eigenvalue weighted by Gasteiger charge is -2.17. The number of nitrogens with zero attached hydrogens (tertiary/aromatic N) is 2. The van der Waals surface area contributed by atoms with E-state index in [4.69, 9.17) is 0 Å². The number of carbonyl (C=O) groups excluding carboxylic acids is 1. The average Bonchev–Trinajstić information content (AvgIpc) is 2.41. The van der Waals surface area contributed by atoms with E-state index in [1.54, 1.807) is 16.7 Å². The largest absolute Gasteiger partial charge is 0.370 e. The van der Waals surface area contributed by atoms with Crippen LogP contribution in [0.25, 0.3) is 0 Å². The minimum Gasteiger partial charge on any atom is -0.370 e. The summed E-state index contributed by atoms with van der Waals surface area (Å²) in [5.41, 5.74) is 1.57. The van der Waals surface area contributed by atoms with E-state index >= 15 is 0 Å². The Morgan fingerprint density at radius 3 is 2.84 bits per heavy atom. The lowest BCUT2D eigenvalue weighted by atomic mass is 10.2. The van der Waals surface area contributed by atoms with E-state index in [-0.39, 0.29) is 5.91 Å². The Hall–Kier alpha value is -1.23. The van der Waals surface area contributed by atoms with Gasteiger partial charge >= 0.3 is 0 Å². The SMILES string of the molecule is CCCNc1cc(C(=O)N(C)CCSC)cc(C)n1. The molecule has 0 atom stereocenters. The summed E-state index contributed by atoms with van der Waals surface area (Å²) >= 11 is 1.74. The topological polar surface area (TPSA) is 45.2 Å². The third kappa shape index (κ3) is 5.11. The molecule has 5 heteroatoms. The molecule has 1 N–H and O–H groups in total. The maximum atomic E-state index is 12.3. The molecule has 106 valence electrons. The van der Waals surface area contributed by atoms with E-state index in [0.29, 0.717) is 5.56 Å². The van der Waals surface area contributed by atoms with E-state index < -0.39 is 0 Å². The first-order chi connectivity index (χ1) is 9.08. The fourth-order valence-electron chi connectivity index (χ4n) is 1.69. The molecular weight excluding hydrogens is 258 g/mol. The molecule has 0 aromatic carbocycles. The Kier molecular flexibility index (Phi) is 6.70. The molecule has 0 aliphatic rings. The molecule has 0 saturated carbocycles. The number of hydrogen-bond donors (Lipinski definition) is 1. The number of thioether (sulfide) groups is 1. The molecule has 1 rings (SSSR count). The zero-order chi connectivity index (χ0) is 14.3. The van der Waals surface area contributed by atoms with Crippen LogP contribution in [-0.4, -0.2) is 47.9 Å². The van der Waals surface area contributed by atoms with Crippen LogP contribution >= 0.6 is 11.8 Å². The smallest absolute Gasteiger partial charge is 0.253 e. The molecule has 0 bridgehead atoms. The lowest BCUT2D eigenvalue weighted by Crippen LogP contribution is -2.29. The first-order valence-corrected chi connectivity index (χ1v) is 7.94. The van der Waals surface area contributed by atoms with Crippen LogP contribution in [0, 0.1) is 6.92 Å². The molecular formula is C14H23N3OS. The minimum absolute atomic E-state index is 0.0547. The van der Waals surface area contributed by atoms with Crippen molar-refractivity contribution >= 4 is 23.5 Å². The van der Waals surface area contributed by atoms with E-state index in [0.717, 1.165) is 36.8 Å². The molecule has 4 nitrogen and oxygen atoms in total. The number of aromatic nitrogens is 1. The van der Waals surface area contributed by atoms with Crippen LogP contribution in [0.1, 0.15) is 29.4 Å². The quantitative estimate of drug-likeness (QED) is 0.834. The number of carbonyl (C=O) groups is 1. The second-order valence-electron chi connectivity index (χ2n) is 4.53. The van der Waals surface area contributed by atoms with Crippen LogP contribution in [0.5, 0.6) is 0 Å². The Balaban J connectivity index is 2.81. The van der Waals surface area contributed by atoms with Crippen molar-refractivity contribution in [3.05, 3.63) is 23.4 Å². The fourth-order valence-corrected chi connectivity index (χ4v) is 2.14. The van der Waals surface area contributed by atoms with Gasteiger partial charge in [-0.3, -0.25) is 4.79 Å². The summed E-state index contributed by atoms with van der Waals surface area (Å²) in [5.74, 6) is 1.79. The van der Waals surface area contributed by atoms with Gasteiger partial charge in [0.2, 0.25) is 0 Å². The fraction of sp³-hybridized carbons (Fsp3) is 0.571. The van der Waals surface area contributed by atoms with Crippen LogP contribution < -0.4 is 5.32 Å². The lowest BCUT2D eigenvalue weighted by molar-refractivity contribution is 0.0803. The summed E-state index contributed by atoms with van der Waals surface area (Å²) in [6.45, 7) is 5.65. The van der Waals surface area contributed by atoms with E-state index in [1.807, 2.05) is 32.4 Å². The van der Waals surface area contributed by atoms with Crippen molar-refractivity contribution < 1.29 is 4.79 Å². The predicted molar refractivity (Wildman–Crippen MR) is 83.1 cm³/mol. The van der Waals surface area contributed by atoms with E-state index in [2.05, 4.69) is 17.2 Å². The van der Waals surface area contributed by atoms with E-state index in [1.165, 1.54) is 0 Å². The number of anilines is 1. The molecule has 0 aliphatic heterocycles. The molecule has 19 heavy (non-hydrogen) atoms. The average molecular weight is 281 g/mol. The van der Waals surface area contributed by atoms with Crippen molar-refractivity contribution in [3.63, 3.8) is 0 Å². The normalized spacial score (nSPS) is 10.3. The second-order valence-corrected chi connectivity index (χ2v) is 5.51. The summed E-state index contributed by atoms with van der Waals surface area (Å²) in [6.07, 6.45) is 3.08. The van der Waals surface area contributed by atoms with Gasteiger partial charge in [0, 0.05) is 37.1 Å². The Bertz CT molecular complexity index is 423. The van der Waals surface area contributed by atoms with Crippen LogP contribution in [0.15, 0.2) is 12.1 Å². The highest BCUT2D eigenvalue weighted by Crippen LogP contribution is 2.12. The molecule has 0 spiro atoms. The van der Waals surface area contributed by atoms with Crippen LogP contribution in [0.2, 0.25) is 0 Å². The molecule has 1 heterocycles. The van der Waals surface area contributed by atoms with Gasteiger partial charge in [-0.2, -0.15) is 11.8 Å². The molecule has 0 aliphatic carbocycles. The van der Waals surface area contributed by atoms with Gasteiger partial charge in [0.1, 0.15) is 5.82 Å². The highest BCUT2D eigenvalue weighted by Gasteiger charge is 2.13. The molecule has 1 aromatic heterocycles. The van der Waals surface area contributed by atoms with E-state index in [9.17, 15) is 4.79 Å². The summed E-state index contributed by atoms with van der Waals surface area (Å²) in [6, 6.07) is 3.68. The van der Waals surface area contributed by atoms with Crippen molar-refractivity contribution in [2.45, 2.75) is 20.3 Å². The third-order valence-corrected chi connectivity index (χ3v) is 3.32. The number of aryl methyl sites for hydroxylation is 1. The van der Waals surface area contributed by atoms with Gasteiger partial charge in [-0.05, 0) is 31.7 Å². The molecule has 1 amide bonds. The maximum absolute atomic E-state index is 12.3. The van der Waals surface area contributed by atoms with Crippen molar-refractivity contribution in [2.24, 2.45) is 0 Å².